The van der Waals surface area contributed by atoms with Crippen LogP contribution in [0.5, 0.6) is 0 Å². The topological polar surface area (TPSA) is 78.1 Å². The predicted octanol–water partition coefficient (Wildman–Crippen LogP) is 10.6. The maximum atomic E-state index is 6.07. The summed E-state index contributed by atoms with van der Waals surface area (Å²) in [5.74, 6) is 0. The number of aromatic nitrogens is 3. The lowest BCUT2D eigenvalue weighted by atomic mass is 9.92. The van der Waals surface area contributed by atoms with Crippen molar-refractivity contribution in [1.29, 1.82) is 0 Å². The maximum Gasteiger partial charge on any atom is 0.153 e. The minimum absolute atomic E-state index is 0.780. The molecule has 210 valence electrons. The Labute approximate surface area is 255 Å². The van der Waals surface area contributed by atoms with Crippen molar-refractivity contribution in [3.63, 3.8) is 0 Å². The quantitative estimate of drug-likeness (QED) is 0.207. The SMILES string of the molecule is c1cnc2c(c1)oc1ccc(-c3cc(-c4ccc5oc6cccnc6c5c4)cc(-c4ccc5oc6cccnc6c5c4)c3)cc12. The molecule has 0 N–H and O–H groups in total. The van der Waals surface area contributed by atoms with Crippen LogP contribution >= 0.6 is 0 Å². The van der Waals surface area contributed by atoms with Gasteiger partial charge in [-0.2, -0.15) is 0 Å². The Bertz CT molecular complexity index is 2470. The second-order valence-electron chi connectivity index (χ2n) is 11.3. The average Bonchev–Trinajstić information content (AvgIpc) is 3.78. The first-order valence-electron chi connectivity index (χ1n) is 14.7. The lowest BCUT2D eigenvalue weighted by Gasteiger charge is -2.12. The number of rotatable bonds is 3. The molecule has 0 saturated carbocycles. The lowest BCUT2D eigenvalue weighted by molar-refractivity contribution is 0.668. The third-order valence-electron chi connectivity index (χ3n) is 8.61. The van der Waals surface area contributed by atoms with E-state index in [4.69, 9.17) is 13.3 Å². The van der Waals surface area contributed by atoms with Gasteiger partial charge < -0.3 is 13.3 Å². The number of hydrogen-bond acceptors (Lipinski definition) is 6. The van der Waals surface area contributed by atoms with E-state index in [0.717, 1.165) is 99.6 Å². The lowest BCUT2D eigenvalue weighted by Crippen LogP contribution is -1.87. The van der Waals surface area contributed by atoms with Crippen LogP contribution in [0.3, 0.4) is 0 Å². The third kappa shape index (κ3) is 3.72. The molecule has 45 heavy (non-hydrogen) atoms. The van der Waals surface area contributed by atoms with Crippen LogP contribution in [0.1, 0.15) is 0 Å². The second-order valence-corrected chi connectivity index (χ2v) is 11.3. The first-order valence-corrected chi connectivity index (χ1v) is 14.7. The summed E-state index contributed by atoms with van der Waals surface area (Å²) in [6.45, 7) is 0. The average molecular weight is 580 g/mol. The highest BCUT2D eigenvalue weighted by molar-refractivity contribution is 6.06. The van der Waals surface area contributed by atoms with E-state index in [1.807, 2.05) is 54.6 Å². The minimum atomic E-state index is 0.780. The van der Waals surface area contributed by atoms with Crippen LogP contribution in [0.4, 0.5) is 0 Å². The van der Waals surface area contributed by atoms with Crippen LogP contribution in [-0.4, -0.2) is 15.0 Å². The largest absolute Gasteiger partial charge is 0.454 e. The number of fused-ring (bicyclic) bond motifs is 9. The van der Waals surface area contributed by atoms with E-state index < -0.39 is 0 Å². The number of benzene rings is 4. The van der Waals surface area contributed by atoms with E-state index in [-0.39, 0.29) is 0 Å². The molecule has 0 bridgehead atoms. The van der Waals surface area contributed by atoms with Gasteiger partial charge in [-0.15, -0.1) is 0 Å². The van der Waals surface area contributed by atoms with Crippen molar-refractivity contribution in [1.82, 2.24) is 15.0 Å². The Kier molecular flexibility index (Phi) is 4.90. The predicted molar refractivity (Wildman–Crippen MR) is 178 cm³/mol. The second kappa shape index (κ2) is 9.11. The van der Waals surface area contributed by atoms with E-state index >= 15 is 0 Å². The Morgan fingerprint density at radius 1 is 0.311 bits per heavy atom. The highest BCUT2D eigenvalue weighted by Gasteiger charge is 2.15. The van der Waals surface area contributed by atoms with Crippen molar-refractivity contribution in [2.75, 3.05) is 0 Å². The molecule has 6 nitrogen and oxygen atoms in total. The molecule has 0 aliphatic carbocycles. The molecular weight excluding hydrogens is 558 g/mol. The van der Waals surface area contributed by atoms with Gasteiger partial charge in [0.25, 0.3) is 0 Å². The Balaban J connectivity index is 1.21. The summed E-state index contributed by atoms with van der Waals surface area (Å²) in [5.41, 5.74) is 13.9. The fourth-order valence-corrected chi connectivity index (χ4v) is 6.46. The number of hydrogen-bond donors (Lipinski definition) is 0. The van der Waals surface area contributed by atoms with Crippen molar-refractivity contribution < 1.29 is 13.3 Å². The van der Waals surface area contributed by atoms with Crippen LogP contribution < -0.4 is 0 Å². The van der Waals surface area contributed by atoms with Gasteiger partial charge >= 0.3 is 0 Å². The molecule has 0 amide bonds. The van der Waals surface area contributed by atoms with E-state index in [0.29, 0.717) is 0 Å². The molecule has 6 aromatic heterocycles. The molecule has 0 atom stereocenters. The van der Waals surface area contributed by atoms with Gasteiger partial charge in [-0.25, -0.2) is 0 Å². The van der Waals surface area contributed by atoms with E-state index in [1.165, 1.54) is 0 Å². The summed E-state index contributed by atoms with van der Waals surface area (Å²) in [4.78, 5) is 13.8. The molecule has 0 radical (unpaired) electrons. The molecule has 0 aliphatic rings. The molecule has 6 heteroatoms. The molecule has 6 heterocycles. The summed E-state index contributed by atoms with van der Waals surface area (Å²) >= 11 is 0. The Hall–Kier alpha value is -6.27. The fraction of sp³-hybridized carbons (Fsp3) is 0. The van der Waals surface area contributed by atoms with Crippen LogP contribution in [0.2, 0.25) is 0 Å². The monoisotopic (exact) mass is 579 g/mol. The van der Waals surface area contributed by atoms with Crippen molar-refractivity contribution in [3.05, 3.63) is 128 Å². The van der Waals surface area contributed by atoms with Crippen molar-refractivity contribution >= 4 is 66.2 Å². The molecule has 0 unspecified atom stereocenters. The molecule has 4 aromatic carbocycles. The highest BCUT2D eigenvalue weighted by atomic mass is 16.3. The van der Waals surface area contributed by atoms with Gasteiger partial charge in [-0.05, 0) is 124 Å². The minimum Gasteiger partial charge on any atom is -0.454 e. The van der Waals surface area contributed by atoms with E-state index in [1.54, 1.807) is 18.6 Å². The van der Waals surface area contributed by atoms with Gasteiger partial charge in [0.15, 0.2) is 16.7 Å². The zero-order valence-corrected chi connectivity index (χ0v) is 23.7. The van der Waals surface area contributed by atoms with Crippen LogP contribution in [0, 0.1) is 0 Å². The first-order chi connectivity index (χ1) is 22.2. The smallest absolute Gasteiger partial charge is 0.153 e. The first kappa shape index (κ1) is 24.2. The number of pyridine rings is 3. The van der Waals surface area contributed by atoms with Gasteiger partial charge in [0, 0.05) is 34.7 Å². The summed E-state index contributed by atoms with van der Waals surface area (Å²) in [5, 5.41) is 2.97. The normalized spacial score (nSPS) is 12.0. The molecule has 0 fully saturated rings. The van der Waals surface area contributed by atoms with Crippen LogP contribution in [-0.2, 0) is 0 Å². The molecule has 0 aliphatic heterocycles. The number of nitrogens with zero attached hydrogens (tertiary/aromatic N) is 3. The van der Waals surface area contributed by atoms with Crippen molar-refractivity contribution in [2.45, 2.75) is 0 Å². The molecular formula is C39H21N3O3. The van der Waals surface area contributed by atoms with Gasteiger partial charge in [0.05, 0.1) is 0 Å². The molecule has 0 spiro atoms. The third-order valence-corrected chi connectivity index (χ3v) is 8.61. The van der Waals surface area contributed by atoms with E-state index in [9.17, 15) is 0 Å². The van der Waals surface area contributed by atoms with Gasteiger partial charge in [-0.1, -0.05) is 18.2 Å². The van der Waals surface area contributed by atoms with Crippen LogP contribution in [0.25, 0.3) is 99.6 Å². The Morgan fingerprint density at radius 3 is 0.978 bits per heavy atom. The molecule has 10 rings (SSSR count). The summed E-state index contributed by atoms with van der Waals surface area (Å²) in [7, 11) is 0. The van der Waals surface area contributed by atoms with Gasteiger partial charge in [-0.3, -0.25) is 15.0 Å². The number of furan rings is 3. The van der Waals surface area contributed by atoms with Crippen LogP contribution in [0.15, 0.2) is 141 Å². The molecule has 0 saturated heterocycles. The van der Waals surface area contributed by atoms with Crippen molar-refractivity contribution in [3.8, 4) is 33.4 Å². The zero-order chi connectivity index (χ0) is 29.5. The summed E-state index contributed by atoms with van der Waals surface area (Å²) in [6.07, 6.45) is 5.41. The zero-order valence-electron chi connectivity index (χ0n) is 23.7. The van der Waals surface area contributed by atoms with E-state index in [2.05, 4.69) is 69.5 Å². The molecule has 10 aromatic rings. The Morgan fingerprint density at radius 2 is 0.644 bits per heavy atom. The van der Waals surface area contributed by atoms with Crippen molar-refractivity contribution in [2.24, 2.45) is 0 Å². The summed E-state index contributed by atoms with van der Waals surface area (Å²) in [6, 6.07) is 37.2. The highest BCUT2D eigenvalue weighted by Crippen LogP contribution is 2.39. The summed E-state index contributed by atoms with van der Waals surface area (Å²) < 4.78 is 18.2. The van der Waals surface area contributed by atoms with Gasteiger partial charge in [0.2, 0.25) is 0 Å². The fourth-order valence-electron chi connectivity index (χ4n) is 6.46. The van der Waals surface area contributed by atoms with Gasteiger partial charge in [0.1, 0.15) is 33.3 Å². The standard InChI is InChI=1S/C39H21N3O3/c1-4-34-37(40-13-1)28-19-22(7-10-31(28)43-34)25-16-26(23-8-11-32-29(20-23)38-35(44-32)5-2-14-41-38)18-27(17-25)24-9-12-33-30(21-24)39-36(45-33)6-3-15-42-39/h1-21H. The maximum absolute atomic E-state index is 6.07.